The molecular formula is C4H4Br2F4. The Morgan fingerprint density at radius 2 is 1.50 bits per heavy atom. The highest BCUT2D eigenvalue weighted by molar-refractivity contribution is 9.25. The van der Waals surface area contributed by atoms with E-state index in [9.17, 15) is 17.6 Å². The molecular weight excluding hydrogens is 284 g/mol. The van der Waals surface area contributed by atoms with E-state index in [0.717, 1.165) is 0 Å². The van der Waals surface area contributed by atoms with Gasteiger partial charge in [-0.1, -0.05) is 0 Å². The summed E-state index contributed by atoms with van der Waals surface area (Å²) in [7, 11) is 0. The van der Waals surface area contributed by atoms with Crippen molar-refractivity contribution < 1.29 is 17.6 Å². The van der Waals surface area contributed by atoms with Crippen LogP contribution in [0.3, 0.4) is 0 Å². The van der Waals surface area contributed by atoms with Gasteiger partial charge in [0.1, 0.15) is 0 Å². The third-order valence-electron chi connectivity index (χ3n) is 0.878. The van der Waals surface area contributed by atoms with Crippen LogP contribution in [0.4, 0.5) is 17.6 Å². The SMILES string of the molecule is CC(F)C(F)(F)C(F)(Br)Br. The lowest BCUT2D eigenvalue weighted by atomic mass is 10.2. The maximum atomic E-state index is 12.3. The van der Waals surface area contributed by atoms with E-state index in [1.165, 1.54) is 0 Å². The van der Waals surface area contributed by atoms with Crippen LogP contribution in [0.5, 0.6) is 0 Å². The van der Waals surface area contributed by atoms with E-state index >= 15 is 0 Å². The summed E-state index contributed by atoms with van der Waals surface area (Å²) in [5.41, 5.74) is 0. The average molecular weight is 288 g/mol. The third-order valence-corrected chi connectivity index (χ3v) is 1.93. The molecule has 1 atom stereocenters. The van der Waals surface area contributed by atoms with Gasteiger partial charge in [0.25, 0.3) is 3.49 Å². The second-order valence-electron chi connectivity index (χ2n) is 1.74. The first-order valence-electron chi connectivity index (χ1n) is 2.28. The molecule has 0 aliphatic carbocycles. The molecule has 10 heavy (non-hydrogen) atoms. The number of hydrogen-bond acceptors (Lipinski definition) is 0. The fraction of sp³-hybridized carbons (Fsp3) is 1.00. The van der Waals surface area contributed by atoms with Crippen LogP contribution < -0.4 is 0 Å². The van der Waals surface area contributed by atoms with Gasteiger partial charge in [0.15, 0.2) is 6.17 Å². The van der Waals surface area contributed by atoms with Gasteiger partial charge in [0.05, 0.1) is 0 Å². The monoisotopic (exact) mass is 286 g/mol. The minimum atomic E-state index is -4.06. The largest absolute Gasteiger partial charge is 0.331 e. The minimum Gasteiger partial charge on any atom is -0.241 e. The first-order valence-corrected chi connectivity index (χ1v) is 3.87. The molecule has 0 bridgehead atoms. The Labute approximate surface area is 72.2 Å². The zero-order valence-corrected chi connectivity index (χ0v) is 8.02. The summed E-state index contributed by atoms with van der Waals surface area (Å²) in [5, 5.41) is 0. The zero-order valence-electron chi connectivity index (χ0n) is 4.85. The van der Waals surface area contributed by atoms with Crippen molar-refractivity contribution in [2.24, 2.45) is 0 Å². The predicted molar refractivity (Wildman–Crippen MR) is 37.2 cm³/mol. The summed E-state index contributed by atoms with van der Waals surface area (Å²) >= 11 is 3.92. The van der Waals surface area contributed by atoms with E-state index in [4.69, 9.17) is 0 Å². The molecule has 0 aromatic heterocycles. The molecule has 0 aromatic carbocycles. The molecule has 0 rings (SSSR count). The number of alkyl halides is 6. The molecule has 0 spiro atoms. The van der Waals surface area contributed by atoms with Gasteiger partial charge < -0.3 is 0 Å². The molecule has 0 amide bonds. The van der Waals surface area contributed by atoms with E-state index in [2.05, 4.69) is 0 Å². The lowest BCUT2D eigenvalue weighted by molar-refractivity contribution is -0.0999. The van der Waals surface area contributed by atoms with E-state index in [1.54, 1.807) is 0 Å². The normalized spacial score (nSPS) is 17.1. The van der Waals surface area contributed by atoms with Gasteiger partial charge >= 0.3 is 5.92 Å². The summed E-state index contributed by atoms with van der Waals surface area (Å²) in [6.07, 6.45) is -2.55. The van der Waals surface area contributed by atoms with E-state index < -0.39 is 15.6 Å². The smallest absolute Gasteiger partial charge is 0.241 e. The quantitative estimate of drug-likeness (QED) is 0.539. The molecule has 0 N–H and O–H groups in total. The van der Waals surface area contributed by atoms with Crippen LogP contribution in [0.2, 0.25) is 0 Å². The maximum absolute atomic E-state index is 12.3. The van der Waals surface area contributed by atoms with Crippen LogP contribution in [0, 0.1) is 0 Å². The molecule has 62 valence electrons. The highest BCUT2D eigenvalue weighted by atomic mass is 79.9. The van der Waals surface area contributed by atoms with Crippen LogP contribution in [0.15, 0.2) is 0 Å². The predicted octanol–water partition coefficient (Wildman–Crippen LogP) is 3.39. The highest BCUT2D eigenvalue weighted by Crippen LogP contribution is 2.46. The van der Waals surface area contributed by atoms with Crippen molar-refractivity contribution in [2.75, 3.05) is 0 Å². The molecule has 0 nitrogen and oxygen atoms in total. The maximum Gasteiger partial charge on any atom is 0.331 e. The second kappa shape index (κ2) is 2.97. The van der Waals surface area contributed by atoms with E-state index in [1.807, 2.05) is 31.9 Å². The van der Waals surface area contributed by atoms with Crippen molar-refractivity contribution in [2.45, 2.75) is 22.5 Å². The Morgan fingerprint density at radius 3 is 1.50 bits per heavy atom. The second-order valence-corrected chi connectivity index (χ2v) is 4.99. The summed E-state index contributed by atoms with van der Waals surface area (Å²) in [4.78, 5) is 0. The number of hydrogen-bond donors (Lipinski definition) is 0. The van der Waals surface area contributed by atoms with Crippen molar-refractivity contribution in [1.29, 1.82) is 0 Å². The lowest BCUT2D eigenvalue weighted by Gasteiger charge is -2.23. The Kier molecular flexibility index (Phi) is 3.17. The molecule has 0 radical (unpaired) electrons. The molecule has 0 aromatic rings. The highest BCUT2D eigenvalue weighted by Gasteiger charge is 2.56. The fourth-order valence-electron chi connectivity index (χ4n) is 0.226. The van der Waals surface area contributed by atoms with Gasteiger partial charge in [-0.05, 0) is 38.8 Å². The molecule has 0 saturated heterocycles. The molecule has 0 aliphatic heterocycles. The van der Waals surface area contributed by atoms with Gasteiger partial charge in [-0.25, -0.2) is 8.78 Å². The topological polar surface area (TPSA) is 0 Å². The van der Waals surface area contributed by atoms with Crippen LogP contribution in [0.1, 0.15) is 6.92 Å². The van der Waals surface area contributed by atoms with Gasteiger partial charge in [0.2, 0.25) is 0 Å². The van der Waals surface area contributed by atoms with Crippen LogP contribution >= 0.6 is 31.9 Å². The summed E-state index contributed by atoms with van der Waals surface area (Å²) in [5.74, 6) is -4.06. The molecule has 0 fully saturated rings. The van der Waals surface area contributed by atoms with Crippen LogP contribution in [0.25, 0.3) is 0 Å². The summed E-state index contributed by atoms with van der Waals surface area (Å²) in [6.45, 7) is 0.580. The first-order chi connectivity index (χ1) is 4.19. The Hall–Kier alpha value is 0.680. The lowest BCUT2D eigenvalue weighted by Crippen LogP contribution is -2.41. The molecule has 0 heterocycles. The van der Waals surface area contributed by atoms with Crippen molar-refractivity contribution in [1.82, 2.24) is 0 Å². The van der Waals surface area contributed by atoms with Crippen molar-refractivity contribution in [3.63, 3.8) is 0 Å². The molecule has 0 aliphatic rings. The van der Waals surface area contributed by atoms with Crippen LogP contribution in [-0.2, 0) is 0 Å². The minimum absolute atomic E-state index is 0.580. The van der Waals surface area contributed by atoms with E-state index in [-0.39, 0.29) is 0 Å². The van der Waals surface area contributed by atoms with Crippen molar-refractivity contribution in [3.05, 3.63) is 0 Å². The summed E-state index contributed by atoms with van der Waals surface area (Å²) in [6, 6.07) is 0. The van der Waals surface area contributed by atoms with Crippen molar-refractivity contribution >= 4 is 31.9 Å². The van der Waals surface area contributed by atoms with Gasteiger partial charge in [-0.3, -0.25) is 0 Å². The fourth-order valence-corrected chi connectivity index (χ4v) is 0.856. The molecule has 0 saturated carbocycles. The zero-order chi connectivity index (χ0) is 8.58. The van der Waals surface area contributed by atoms with Crippen LogP contribution in [-0.4, -0.2) is 15.6 Å². The molecule has 6 heteroatoms. The molecule has 1 unspecified atom stereocenters. The van der Waals surface area contributed by atoms with E-state index in [0.29, 0.717) is 6.92 Å². The number of halogens is 6. The van der Waals surface area contributed by atoms with Gasteiger partial charge in [-0.2, -0.15) is 8.78 Å². The van der Waals surface area contributed by atoms with Gasteiger partial charge in [-0.15, -0.1) is 0 Å². The number of rotatable bonds is 2. The summed E-state index contributed by atoms with van der Waals surface area (Å²) < 4.78 is 45.4. The average Bonchev–Trinajstić information content (AvgIpc) is 1.62. The van der Waals surface area contributed by atoms with Crippen molar-refractivity contribution in [3.8, 4) is 0 Å². The third kappa shape index (κ3) is 2.08. The Balaban J connectivity index is 4.40. The first kappa shape index (κ1) is 10.7. The van der Waals surface area contributed by atoms with Gasteiger partial charge in [0, 0.05) is 0 Å². The Bertz CT molecular complexity index is 117. The standard InChI is InChI=1S/C4H4Br2F4/c1-2(7)3(8,9)4(5,6)10/h2H,1H3. The Morgan fingerprint density at radius 1 is 1.20 bits per heavy atom.